The Morgan fingerprint density at radius 3 is 2.53 bits per heavy atom. The van der Waals surface area contributed by atoms with E-state index in [1.807, 2.05) is 42.5 Å². The number of nitrogens with zero attached hydrogens (tertiary/aromatic N) is 1. The molecule has 0 saturated carbocycles. The fourth-order valence-corrected chi connectivity index (χ4v) is 1.80. The molecular formula is C16H17NO2. The monoisotopic (exact) mass is 255 g/mol. The molecule has 2 rings (SSSR count). The first-order valence-electron chi connectivity index (χ1n) is 6.41. The smallest absolute Gasteiger partial charge is 0.188 e. The Bertz CT molecular complexity index is 497. The molecule has 0 amide bonds. The van der Waals surface area contributed by atoms with Gasteiger partial charge >= 0.3 is 0 Å². The Morgan fingerprint density at radius 1 is 1.05 bits per heavy atom. The van der Waals surface area contributed by atoms with Crippen LogP contribution in [0.1, 0.15) is 22.3 Å². The summed E-state index contributed by atoms with van der Waals surface area (Å²) in [6.45, 7) is 0.751. The molecule has 2 aromatic rings. The summed E-state index contributed by atoms with van der Waals surface area (Å²) in [6.07, 6.45) is 5.43. The van der Waals surface area contributed by atoms with Gasteiger partial charge in [0.05, 0.1) is 0 Å². The van der Waals surface area contributed by atoms with Crippen molar-refractivity contribution in [2.24, 2.45) is 0 Å². The number of carbonyl (C=O) groups is 1. The number of hydrogen-bond acceptors (Lipinski definition) is 3. The first-order valence-corrected chi connectivity index (χ1v) is 6.41. The van der Waals surface area contributed by atoms with Crippen molar-refractivity contribution in [3.63, 3.8) is 0 Å². The van der Waals surface area contributed by atoms with Gasteiger partial charge in [-0.1, -0.05) is 30.3 Å². The fraction of sp³-hybridized carbons (Fsp3) is 0.250. The molecule has 1 heterocycles. The van der Waals surface area contributed by atoms with Crippen LogP contribution < -0.4 is 0 Å². The molecule has 0 aliphatic rings. The fourth-order valence-electron chi connectivity index (χ4n) is 1.80. The van der Waals surface area contributed by atoms with E-state index in [2.05, 4.69) is 4.98 Å². The normalized spacial score (nSPS) is 10.3. The van der Waals surface area contributed by atoms with Crippen LogP contribution in [0.5, 0.6) is 0 Å². The highest BCUT2D eigenvalue weighted by atomic mass is 16.5. The number of Topliss-reactive ketones (excluding diaryl/α,β-unsaturated/α-hetero) is 1. The molecule has 0 spiro atoms. The molecule has 98 valence electrons. The molecule has 19 heavy (non-hydrogen) atoms. The standard InChI is InChI=1S/C16H17NO2/c18-16(15-6-2-1-3-7-15)13-19-12-4-5-14-8-10-17-11-9-14/h1-3,6-11H,4-5,12-13H2. The van der Waals surface area contributed by atoms with Crippen molar-refractivity contribution < 1.29 is 9.53 Å². The highest BCUT2D eigenvalue weighted by Gasteiger charge is 2.04. The van der Waals surface area contributed by atoms with Crippen LogP contribution >= 0.6 is 0 Å². The van der Waals surface area contributed by atoms with Crippen molar-refractivity contribution in [1.29, 1.82) is 0 Å². The molecule has 3 heteroatoms. The lowest BCUT2D eigenvalue weighted by Gasteiger charge is -2.04. The molecule has 0 unspecified atom stereocenters. The molecule has 0 fully saturated rings. The number of benzene rings is 1. The maximum absolute atomic E-state index is 11.7. The molecule has 1 aromatic carbocycles. The first kappa shape index (κ1) is 13.4. The van der Waals surface area contributed by atoms with Gasteiger partial charge in [-0.15, -0.1) is 0 Å². The van der Waals surface area contributed by atoms with Gasteiger partial charge in [-0.3, -0.25) is 9.78 Å². The average Bonchev–Trinajstić information content (AvgIpc) is 2.49. The molecule has 0 radical (unpaired) electrons. The van der Waals surface area contributed by atoms with Gasteiger partial charge in [0, 0.05) is 24.6 Å². The van der Waals surface area contributed by atoms with Gasteiger partial charge in [0.25, 0.3) is 0 Å². The van der Waals surface area contributed by atoms with Crippen LogP contribution in [0.4, 0.5) is 0 Å². The summed E-state index contributed by atoms with van der Waals surface area (Å²) in [5.41, 5.74) is 1.95. The van der Waals surface area contributed by atoms with Crippen molar-refractivity contribution in [3.8, 4) is 0 Å². The second kappa shape index (κ2) is 7.44. The van der Waals surface area contributed by atoms with Crippen molar-refractivity contribution >= 4 is 5.78 Å². The van der Waals surface area contributed by atoms with Crippen LogP contribution in [-0.2, 0) is 11.2 Å². The minimum absolute atomic E-state index is 0.0320. The van der Waals surface area contributed by atoms with Crippen LogP contribution in [0.2, 0.25) is 0 Å². The summed E-state index contributed by atoms with van der Waals surface area (Å²) in [7, 11) is 0. The summed E-state index contributed by atoms with van der Waals surface area (Å²) < 4.78 is 5.41. The van der Waals surface area contributed by atoms with Crippen molar-refractivity contribution in [2.75, 3.05) is 13.2 Å². The molecule has 0 aliphatic carbocycles. The van der Waals surface area contributed by atoms with Crippen LogP contribution in [0.15, 0.2) is 54.9 Å². The number of aryl methyl sites for hydroxylation is 1. The highest BCUT2D eigenvalue weighted by Crippen LogP contribution is 2.03. The van der Waals surface area contributed by atoms with Gasteiger partial charge in [-0.05, 0) is 30.5 Å². The summed E-state index contributed by atoms with van der Waals surface area (Å²) in [5.74, 6) is 0.0320. The average molecular weight is 255 g/mol. The number of ketones is 1. The predicted molar refractivity (Wildman–Crippen MR) is 74.1 cm³/mol. The number of ether oxygens (including phenoxy) is 1. The summed E-state index contributed by atoms with van der Waals surface area (Å²) in [5, 5.41) is 0. The quantitative estimate of drug-likeness (QED) is 0.564. The van der Waals surface area contributed by atoms with Gasteiger partial charge in [0.15, 0.2) is 5.78 Å². The van der Waals surface area contributed by atoms with Crippen LogP contribution in [0.25, 0.3) is 0 Å². The van der Waals surface area contributed by atoms with E-state index < -0.39 is 0 Å². The van der Waals surface area contributed by atoms with Gasteiger partial charge < -0.3 is 4.74 Å². The molecule has 0 bridgehead atoms. The lowest BCUT2D eigenvalue weighted by atomic mass is 10.1. The zero-order valence-electron chi connectivity index (χ0n) is 10.8. The van der Waals surface area contributed by atoms with E-state index in [0.717, 1.165) is 12.8 Å². The molecule has 0 N–H and O–H groups in total. The number of aromatic nitrogens is 1. The number of carbonyl (C=O) groups excluding carboxylic acids is 1. The Balaban J connectivity index is 1.63. The third kappa shape index (κ3) is 4.64. The first-order chi connectivity index (χ1) is 9.36. The minimum atomic E-state index is 0.0320. The zero-order valence-corrected chi connectivity index (χ0v) is 10.8. The van der Waals surface area contributed by atoms with E-state index in [4.69, 9.17) is 4.74 Å². The number of hydrogen-bond donors (Lipinski definition) is 0. The van der Waals surface area contributed by atoms with E-state index in [9.17, 15) is 4.79 Å². The summed E-state index contributed by atoms with van der Waals surface area (Å²) in [4.78, 5) is 15.7. The minimum Gasteiger partial charge on any atom is -0.373 e. The van der Waals surface area contributed by atoms with Gasteiger partial charge in [-0.25, -0.2) is 0 Å². The molecule has 0 saturated heterocycles. The molecule has 0 atom stereocenters. The van der Waals surface area contributed by atoms with E-state index in [0.29, 0.717) is 12.2 Å². The van der Waals surface area contributed by atoms with Crippen LogP contribution in [0, 0.1) is 0 Å². The largest absolute Gasteiger partial charge is 0.373 e. The number of pyridine rings is 1. The lowest BCUT2D eigenvalue weighted by molar-refractivity contribution is 0.0756. The summed E-state index contributed by atoms with van der Waals surface area (Å²) >= 11 is 0. The Kier molecular flexibility index (Phi) is 5.26. The van der Waals surface area contributed by atoms with E-state index in [1.165, 1.54) is 5.56 Å². The second-order valence-corrected chi connectivity index (χ2v) is 4.30. The highest BCUT2D eigenvalue weighted by molar-refractivity contribution is 5.96. The predicted octanol–water partition coefficient (Wildman–Crippen LogP) is 2.91. The molecular weight excluding hydrogens is 238 g/mol. The third-order valence-electron chi connectivity index (χ3n) is 2.83. The SMILES string of the molecule is O=C(COCCCc1ccncc1)c1ccccc1. The van der Waals surface area contributed by atoms with E-state index in [1.54, 1.807) is 12.4 Å². The molecule has 1 aromatic heterocycles. The lowest BCUT2D eigenvalue weighted by Crippen LogP contribution is -2.10. The Labute approximate surface area is 113 Å². The van der Waals surface area contributed by atoms with E-state index >= 15 is 0 Å². The van der Waals surface area contributed by atoms with Crippen LogP contribution in [0.3, 0.4) is 0 Å². The zero-order chi connectivity index (χ0) is 13.3. The second-order valence-electron chi connectivity index (χ2n) is 4.30. The van der Waals surface area contributed by atoms with Gasteiger partial charge in [-0.2, -0.15) is 0 Å². The Morgan fingerprint density at radius 2 is 1.79 bits per heavy atom. The van der Waals surface area contributed by atoms with Crippen molar-refractivity contribution in [1.82, 2.24) is 4.98 Å². The van der Waals surface area contributed by atoms with Gasteiger partial charge in [0.2, 0.25) is 0 Å². The topological polar surface area (TPSA) is 39.2 Å². The third-order valence-corrected chi connectivity index (χ3v) is 2.83. The van der Waals surface area contributed by atoms with Crippen molar-refractivity contribution in [3.05, 3.63) is 66.0 Å². The van der Waals surface area contributed by atoms with Crippen LogP contribution in [-0.4, -0.2) is 24.0 Å². The van der Waals surface area contributed by atoms with Crippen molar-refractivity contribution in [2.45, 2.75) is 12.8 Å². The summed E-state index contributed by atoms with van der Waals surface area (Å²) in [6, 6.07) is 13.2. The molecule has 0 aliphatic heterocycles. The maximum atomic E-state index is 11.7. The molecule has 3 nitrogen and oxygen atoms in total. The number of rotatable bonds is 7. The Hall–Kier alpha value is -2.00. The maximum Gasteiger partial charge on any atom is 0.188 e. The van der Waals surface area contributed by atoms with Gasteiger partial charge in [0.1, 0.15) is 6.61 Å². The van der Waals surface area contributed by atoms with E-state index in [-0.39, 0.29) is 12.4 Å².